The molecular formula is C13H11Cl2N3O2. The monoisotopic (exact) mass is 311 g/mol. The Hall–Kier alpha value is -1.69. The minimum Gasteiger partial charge on any atom is -0.274 e. The van der Waals surface area contributed by atoms with E-state index in [-0.39, 0.29) is 22.4 Å². The number of hydrogen-bond donors (Lipinski definition) is 0. The van der Waals surface area contributed by atoms with E-state index in [2.05, 4.69) is 10.2 Å². The Balaban J connectivity index is 2.23. The maximum Gasteiger partial charge on any atom is 0.281 e. The highest BCUT2D eigenvalue weighted by Gasteiger charge is 2.20. The van der Waals surface area contributed by atoms with E-state index >= 15 is 0 Å². The second-order valence-electron chi connectivity index (χ2n) is 3.88. The predicted octanol–water partition coefficient (Wildman–Crippen LogP) is 2.99. The van der Waals surface area contributed by atoms with Crippen molar-refractivity contribution >= 4 is 29.1 Å². The Bertz CT molecular complexity index is 608. The molecule has 0 aliphatic heterocycles. The molecule has 0 saturated heterocycles. The number of amides is 1. The summed E-state index contributed by atoms with van der Waals surface area (Å²) in [6.07, 6.45) is 0. The minimum absolute atomic E-state index is 0.0190. The SMILES string of the molecule is CON(Cc1ccccc1)C(=O)c1cc(Cl)nnc1Cl. The van der Waals surface area contributed by atoms with Crippen LogP contribution in [0.15, 0.2) is 36.4 Å². The molecule has 1 amide bonds. The third-order valence-corrected chi connectivity index (χ3v) is 3.03. The number of hydrogen-bond acceptors (Lipinski definition) is 4. The van der Waals surface area contributed by atoms with E-state index in [1.807, 2.05) is 30.3 Å². The lowest BCUT2D eigenvalue weighted by Gasteiger charge is -2.20. The summed E-state index contributed by atoms with van der Waals surface area (Å²) in [4.78, 5) is 17.4. The Morgan fingerprint density at radius 2 is 1.95 bits per heavy atom. The molecule has 0 atom stereocenters. The molecule has 0 unspecified atom stereocenters. The van der Waals surface area contributed by atoms with E-state index in [4.69, 9.17) is 28.0 Å². The number of nitrogens with zero attached hydrogens (tertiary/aromatic N) is 3. The maximum atomic E-state index is 12.3. The largest absolute Gasteiger partial charge is 0.281 e. The van der Waals surface area contributed by atoms with Crippen LogP contribution in [-0.2, 0) is 11.4 Å². The van der Waals surface area contributed by atoms with Crippen molar-refractivity contribution < 1.29 is 9.63 Å². The van der Waals surface area contributed by atoms with Gasteiger partial charge in [0.25, 0.3) is 5.91 Å². The van der Waals surface area contributed by atoms with Gasteiger partial charge in [0.1, 0.15) is 0 Å². The smallest absolute Gasteiger partial charge is 0.274 e. The fourth-order valence-electron chi connectivity index (χ4n) is 1.61. The first-order valence-electron chi connectivity index (χ1n) is 5.70. The zero-order valence-corrected chi connectivity index (χ0v) is 12.1. The first kappa shape index (κ1) is 14.7. The van der Waals surface area contributed by atoms with Crippen molar-refractivity contribution in [3.05, 3.63) is 57.8 Å². The standard InChI is InChI=1S/C13H11Cl2N3O2/c1-20-18(8-9-5-3-2-4-6-9)13(19)10-7-11(14)16-17-12(10)15/h2-7H,8H2,1H3. The quantitative estimate of drug-likeness (QED) is 0.815. The van der Waals surface area contributed by atoms with Crippen LogP contribution in [0.3, 0.4) is 0 Å². The van der Waals surface area contributed by atoms with Gasteiger partial charge >= 0.3 is 0 Å². The molecule has 0 spiro atoms. The molecule has 0 fully saturated rings. The highest BCUT2D eigenvalue weighted by atomic mass is 35.5. The van der Waals surface area contributed by atoms with E-state index in [0.717, 1.165) is 5.56 Å². The molecule has 7 heteroatoms. The highest BCUT2D eigenvalue weighted by Crippen LogP contribution is 2.18. The number of hydroxylamine groups is 2. The van der Waals surface area contributed by atoms with Crippen LogP contribution in [-0.4, -0.2) is 28.3 Å². The summed E-state index contributed by atoms with van der Waals surface area (Å²) < 4.78 is 0. The third-order valence-electron chi connectivity index (χ3n) is 2.57. The summed E-state index contributed by atoms with van der Waals surface area (Å²) in [5, 5.41) is 8.41. The Morgan fingerprint density at radius 3 is 2.60 bits per heavy atom. The second-order valence-corrected chi connectivity index (χ2v) is 4.63. The summed E-state index contributed by atoms with van der Waals surface area (Å²) in [6.45, 7) is 0.284. The lowest BCUT2D eigenvalue weighted by atomic mass is 10.2. The summed E-state index contributed by atoms with van der Waals surface area (Å²) in [7, 11) is 1.41. The van der Waals surface area contributed by atoms with Gasteiger partial charge in [-0.25, -0.2) is 5.06 Å². The topological polar surface area (TPSA) is 55.3 Å². The van der Waals surface area contributed by atoms with Crippen LogP contribution in [0.4, 0.5) is 0 Å². The number of rotatable bonds is 4. The Morgan fingerprint density at radius 1 is 1.25 bits per heavy atom. The van der Waals surface area contributed by atoms with Crippen LogP contribution in [0, 0.1) is 0 Å². The van der Waals surface area contributed by atoms with Gasteiger partial charge in [0.05, 0.1) is 19.2 Å². The van der Waals surface area contributed by atoms with E-state index in [9.17, 15) is 4.79 Å². The van der Waals surface area contributed by atoms with E-state index in [1.54, 1.807) is 0 Å². The maximum absolute atomic E-state index is 12.3. The van der Waals surface area contributed by atoms with Gasteiger partial charge in [-0.3, -0.25) is 9.63 Å². The van der Waals surface area contributed by atoms with Crippen LogP contribution in [0.25, 0.3) is 0 Å². The molecule has 5 nitrogen and oxygen atoms in total. The molecule has 0 aliphatic carbocycles. The van der Waals surface area contributed by atoms with Gasteiger partial charge in [-0.1, -0.05) is 53.5 Å². The molecule has 0 aliphatic rings. The molecular weight excluding hydrogens is 301 g/mol. The van der Waals surface area contributed by atoms with Crippen molar-refractivity contribution in [1.82, 2.24) is 15.3 Å². The van der Waals surface area contributed by atoms with Crippen LogP contribution in [0.1, 0.15) is 15.9 Å². The molecule has 2 aromatic rings. The normalized spacial score (nSPS) is 10.3. The van der Waals surface area contributed by atoms with Gasteiger partial charge in [0, 0.05) is 0 Å². The van der Waals surface area contributed by atoms with Crippen LogP contribution < -0.4 is 0 Å². The van der Waals surface area contributed by atoms with Crippen LogP contribution in [0.5, 0.6) is 0 Å². The molecule has 104 valence electrons. The van der Waals surface area contributed by atoms with Crippen molar-refractivity contribution in [1.29, 1.82) is 0 Å². The number of halogens is 2. The first-order chi connectivity index (χ1) is 9.61. The highest BCUT2D eigenvalue weighted by molar-refractivity contribution is 6.34. The number of carbonyl (C=O) groups excluding carboxylic acids is 1. The van der Waals surface area contributed by atoms with Gasteiger partial charge in [0.2, 0.25) is 0 Å². The summed E-state index contributed by atoms with van der Waals surface area (Å²) >= 11 is 11.6. The number of aromatic nitrogens is 2. The average Bonchev–Trinajstić information content (AvgIpc) is 2.47. The van der Waals surface area contributed by atoms with Gasteiger partial charge in [-0.05, 0) is 11.6 Å². The van der Waals surface area contributed by atoms with Gasteiger partial charge in [-0.2, -0.15) is 0 Å². The fraction of sp³-hybridized carbons (Fsp3) is 0.154. The molecule has 1 heterocycles. The van der Waals surface area contributed by atoms with Crippen LogP contribution >= 0.6 is 23.2 Å². The van der Waals surface area contributed by atoms with Crippen molar-refractivity contribution in [2.45, 2.75) is 6.54 Å². The van der Waals surface area contributed by atoms with E-state index in [0.29, 0.717) is 0 Å². The van der Waals surface area contributed by atoms with E-state index < -0.39 is 5.91 Å². The lowest BCUT2D eigenvalue weighted by molar-refractivity contribution is -0.102. The summed E-state index contributed by atoms with van der Waals surface area (Å²) in [5.41, 5.74) is 1.07. The first-order valence-corrected chi connectivity index (χ1v) is 6.46. The predicted molar refractivity (Wildman–Crippen MR) is 75.4 cm³/mol. The van der Waals surface area contributed by atoms with Crippen molar-refractivity contribution in [3.63, 3.8) is 0 Å². The van der Waals surface area contributed by atoms with Gasteiger partial charge < -0.3 is 0 Å². The third kappa shape index (κ3) is 3.45. The Labute approximate surface area is 126 Å². The van der Waals surface area contributed by atoms with Crippen molar-refractivity contribution in [3.8, 4) is 0 Å². The van der Waals surface area contributed by atoms with Crippen LogP contribution in [0.2, 0.25) is 10.3 Å². The number of carbonyl (C=O) groups is 1. The van der Waals surface area contributed by atoms with Gasteiger partial charge in [-0.15, -0.1) is 10.2 Å². The molecule has 2 rings (SSSR count). The molecule has 1 aromatic carbocycles. The van der Waals surface area contributed by atoms with E-state index in [1.165, 1.54) is 18.2 Å². The minimum atomic E-state index is -0.432. The zero-order valence-electron chi connectivity index (χ0n) is 10.6. The molecule has 0 N–H and O–H groups in total. The zero-order chi connectivity index (χ0) is 14.5. The van der Waals surface area contributed by atoms with Gasteiger partial charge in [0.15, 0.2) is 10.3 Å². The average molecular weight is 312 g/mol. The molecule has 1 aromatic heterocycles. The molecule has 20 heavy (non-hydrogen) atoms. The van der Waals surface area contributed by atoms with Crippen molar-refractivity contribution in [2.75, 3.05) is 7.11 Å². The second kappa shape index (κ2) is 6.65. The molecule has 0 saturated carbocycles. The number of benzene rings is 1. The van der Waals surface area contributed by atoms with Crippen molar-refractivity contribution in [2.24, 2.45) is 0 Å². The summed E-state index contributed by atoms with van der Waals surface area (Å²) in [5.74, 6) is -0.432. The fourth-order valence-corrected chi connectivity index (χ4v) is 1.93. The lowest BCUT2D eigenvalue weighted by Crippen LogP contribution is -2.30. The molecule has 0 radical (unpaired) electrons. The Kier molecular flexibility index (Phi) is 4.89. The molecule has 0 bridgehead atoms. The summed E-state index contributed by atoms with van der Waals surface area (Å²) in [6, 6.07) is 10.8.